The maximum Gasteiger partial charge on any atom is 0.352 e. The first-order chi connectivity index (χ1) is 10.1. The molecule has 0 aliphatic heterocycles. The highest BCUT2D eigenvalue weighted by Gasteiger charge is 2.25. The number of hydrogen-bond donors (Lipinski definition) is 0. The number of benzene rings is 2. The van der Waals surface area contributed by atoms with E-state index in [1.807, 2.05) is 6.07 Å². The molecule has 0 aliphatic rings. The van der Waals surface area contributed by atoms with Crippen LogP contribution in [0, 0.1) is 5.82 Å². The Balaban J connectivity index is 2.32. The molecule has 0 saturated heterocycles. The molecular formula is C16H14ClFO3. The molecule has 0 radical (unpaired) electrons. The Kier molecular flexibility index (Phi) is 5.17. The van der Waals surface area contributed by atoms with Crippen LogP contribution in [-0.2, 0) is 9.53 Å². The minimum absolute atomic E-state index is 0.0665. The molecule has 0 heterocycles. The molecule has 0 amide bonds. The van der Waals surface area contributed by atoms with E-state index in [4.69, 9.17) is 21.1 Å². The molecule has 2 rings (SSSR count). The lowest BCUT2D eigenvalue weighted by Crippen LogP contribution is -2.21. The summed E-state index contributed by atoms with van der Waals surface area (Å²) in [6.07, 6.45) is -1.04. The third-order valence-electron chi connectivity index (χ3n) is 2.76. The van der Waals surface area contributed by atoms with E-state index in [0.717, 1.165) is 0 Å². The number of carbonyl (C=O) groups is 1. The lowest BCUT2D eigenvalue weighted by molar-refractivity contribution is -0.151. The van der Waals surface area contributed by atoms with E-state index in [2.05, 4.69) is 0 Å². The van der Waals surface area contributed by atoms with Gasteiger partial charge in [0.05, 0.1) is 11.6 Å². The standard InChI is InChI=1S/C16H14ClFO3/c1-2-20-16(19)15(11-7-4-3-5-8-11)21-13-10-6-9-12(17)14(13)18/h3-10,15H,2H2,1H3. The van der Waals surface area contributed by atoms with Gasteiger partial charge in [-0.3, -0.25) is 0 Å². The first-order valence-corrected chi connectivity index (χ1v) is 6.83. The molecule has 0 aliphatic carbocycles. The molecule has 1 atom stereocenters. The zero-order chi connectivity index (χ0) is 15.2. The molecule has 2 aromatic carbocycles. The summed E-state index contributed by atoms with van der Waals surface area (Å²) in [5, 5.41) is -0.0665. The first-order valence-electron chi connectivity index (χ1n) is 6.45. The topological polar surface area (TPSA) is 35.5 Å². The van der Waals surface area contributed by atoms with Crippen molar-refractivity contribution < 1.29 is 18.7 Å². The summed E-state index contributed by atoms with van der Waals surface area (Å²) in [5.74, 6) is -1.38. The summed E-state index contributed by atoms with van der Waals surface area (Å²) in [4.78, 5) is 12.0. The molecule has 5 heteroatoms. The van der Waals surface area contributed by atoms with Crippen molar-refractivity contribution in [2.45, 2.75) is 13.0 Å². The van der Waals surface area contributed by atoms with Gasteiger partial charge >= 0.3 is 5.97 Å². The number of hydrogen-bond acceptors (Lipinski definition) is 3. The van der Waals surface area contributed by atoms with Crippen LogP contribution in [0.3, 0.4) is 0 Å². The molecule has 1 unspecified atom stereocenters. The minimum Gasteiger partial charge on any atom is -0.471 e. The van der Waals surface area contributed by atoms with Gasteiger partial charge in [0.15, 0.2) is 11.6 Å². The summed E-state index contributed by atoms with van der Waals surface area (Å²) in [6, 6.07) is 13.1. The van der Waals surface area contributed by atoms with E-state index in [-0.39, 0.29) is 17.4 Å². The SMILES string of the molecule is CCOC(=O)C(Oc1cccc(Cl)c1F)c1ccccc1. The summed E-state index contributed by atoms with van der Waals surface area (Å²) in [5.41, 5.74) is 0.579. The molecule has 2 aromatic rings. The maximum atomic E-state index is 13.9. The molecule has 0 aromatic heterocycles. The maximum absolute atomic E-state index is 13.9. The summed E-state index contributed by atoms with van der Waals surface area (Å²) < 4.78 is 24.4. The van der Waals surface area contributed by atoms with Crippen LogP contribution in [0.4, 0.5) is 4.39 Å². The number of esters is 1. The van der Waals surface area contributed by atoms with Gasteiger partial charge in [0.2, 0.25) is 6.10 Å². The molecule has 0 saturated carbocycles. The van der Waals surface area contributed by atoms with Gasteiger partial charge in [-0.1, -0.05) is 48.0 Å². The van der Waals surface area contributed by atoms with Crippen molar-refractivity contribution in [2.24, 2.45) is 0 Å². The van der Waals surface area contributed by atoms with Crippen LogP contribution in [0.5, 0.6) is 5.75 Å². The fraction of sp³-hybridized carbons (Fsp3) is 0.188. The Bertz CT molecular complexity index is 616. The normalized spacial score (nSPS) is 11.8. The molecular weight excluding hydrogens is 295 g/mol. The summed E-state index contributed by atoms with van der Waals surface area (Å²) >= 11 is 5.71. The Morgan fingerprint density at radius 1 is 1.19 bits per heavy atom. The second-order valence-electron chi connectivity index (χ2n) is 4.21. The van der Waals surface area contributed by atoms with Crippen molar-refractivity contribution in [3.05, 3.63) is 64.9 Å². The Morgan fingerprint density at radius 2 is 1.90 bits per heavy atom. The highest BCUT2D eigenvalue weighted by Crippen LogP contribution is 2.29. The molecule has 3 nitrogen and oxygen atoms in total. The van der Waals surface area contributed by atoms with Gasteiger partial charge in [0, 0.05) is 5.56 Å². The van der Waals surface area contributed by atoms with Gasteiger partial charge < -0.3 is 9.47 Å². The van der Waals surface area contributed by atoms with Crippen LogP contribution in [0.15, 0.2) is 48.5 Å². The Hall–Kier alpha value is -2.07. The minimum atomic E-state index is -1.04. The zero-order valence-corrected chi connectivity index (χ0v) is 12.1. The van der Waals surface area contributed by atoms with Crippen LogP contribution < -0.4 is 4.74 Å². The highest BCUT2D eigenvalue weighted by atomic mass is 35.5. The average molecular weight is 309 g/mol. The third kappa shape index (κ3) is 3.73. The van der Waals surface area contributed by atoms with Gasteiger partial charge in [0.1, 0.15) is 0 Å². The lowest BCUT2D eigenvalue weighted by atomic mass is 10.1. The van der Waals surface area contributed by atoms with Crippen LogP contribution in [0.2, 0.25) is 5.02 Å². The van der Waals surface area contributed by atoms with E-state index in [9.17, 15) is 9.18 Å². The van der Waals surface area contributed by atoms with Gasteiger partial charge in [0.25, 0.3) is 0 Å². The molecule has 0 fully saturated rings. The zero-order valence-electron chi connectivity index (χ0n) is 11.4. The second kappa shape index (κ2) is 7.09. The average Bonchev–Trinajstić information content (AvgIpc) is 2.50. The second-order valence-corrected chi connectivity index (χ2v) is 4.62. The highest BCUT2D eigenvalue weighted by molar-refractivity contribution is 6.30. The van der Waals surface area contributed by atoms with Crippen LogP contribution in [0.25, 0.3) is 0 Å². The third-order valence-corrected chi connectivity index (χ3v) is 3.06. The van der Waals surface area contributed by atoms with Gasteiger partial charge in [-0.2, -0.15) is 0 Å². The molecule has 0 N–H and O–H groups in total. The van der Waals surface area contributed by atoms with Gasteiger partial charge in [-0.05, 0) is 19.1 Å². The van der Waals surface area contributed by atoms with Gasteiger partial charge in [-0.25, -0.2) is 9.18 Å². The largest absolute Gasteiger partial charge is 0.471 e. The first kappa shape index (κ1) is 15.3. The van der Waals surface area contributed by atoms with Crippen molar-refractivity contribution in [3.63, 3.8) is 0 Å². The molecule has 0 bridgehead atoms. The number of rotatable bonds is 5. The summed E-state index contributed by atoms with van der Waals surface area (Å²) in [6.45, 7) is 1.91. The molecule has 0 spiro atoms. The summed E-state index contributed by atoms with van der Waals surface area (Å²) in [7, 11) is 0. The van der Waals surface area contributed by atoms with Crippen molar-refractivity contribution >= 4 is 17.6 Å². The van der Waals surface area contributed by atoms with Crippen molar-refractivity contribution in [1.82, 2.24) is 0 Å². The van der Waals surface area contributed by atoms with E-state index < -0.39 is 17.9 Å². The number of halogens is 2. The van der Waals surface area contributed by atoms with E-state index >= 15 is 0 Å². The predicted octanol–water partition coefficient (Wildman–Crippen LogP) is 4.16. The molecule has 110 valence electrons. The van der Waals surface area contributed by atoms with Crippen molar-refractivity contribution in [1.29, 1.82) is 0 Å². The quantitative estimate of drug-likeness (QED) is 0.778. The van der Waals surface area contributed by atoms with E-state index in [1.54, 1.807) is 37.3 Å². The number of carbonyl (C=O) groups excluding carboxylic acids is 1. The van der Waals surface area contributed by atoms with Crippen molar-refractivity contribution in [2.75, 3.05) is 6.61 Å². The van der Waals surface area contributed by atoms with E-state index in [0.29, 0.717) is 5.56 Å². The van der Waals surface area contributed by atoms with Crippen LogP contribution in [0.1, 0.15) is 18.6 Å². The van der Waals surface area contributed by atoms with E-state index in [1.165, 1.54) is 12.1 Å². The van der Waals surface area contributed by atoms with Crippen LogP contribution in [-0.4, -0.2) is 12.6 Å². The smallest absolute Gasteiger partial charge is 0.352 e. The van der Waals surface area contributed by atoms with Crippen molar-refractivity contribution in [3.8, 4) is 5.75 Å². The number of ether oxygens (including phenoxy) is 2. The fourth-order valence-electron chi connectivity index (χ4n) is 1.80. The Morgan fingerprint density at radius 3 is 2.57 bits per heavy atom. The monoisotopic (exact) mass is 308 g/mol. The lowest BCUT2D eigenvalue weighted by Gasteiger charge is -2.18. The van der Waals surface area contributed by atoms with Crippen LogP contribution >= 0.6 is 11.6 Å². The Labute approximate surface area is 127 Å². The van der Waals surface area contributed by atoms with Gasteiger partial charge in [-0.15, -0.1) is 0 Å². The fourth-order valence-corrected chi connectivity index (χ4v) is 1.97. The molecule has 21 heavy (non-hydrogen) atoms. The predicted molar refractivity (Wildman–Crippen MR) is 77.9 cm³/mol.